The lowest BCUT2D eigenvalue weighted by molar-refractivity contribution is -0.133. The molecule has 0 bridgehead atoms. The van der Waals surface area contributed by atoms with Crippen molar-refractivity contribution in [2.75, 3.05) is 13.1 Å². The number of amides is 1. The van der Waals surface area contributed by atoms with Crippen LogP contribution < -0.4 is 0 Å². The van der Waals surface area contributed by atoms with Gasteiger partial charge >= 0.3 is 0 Å². The lowest BCUT2D eigenvalue weighted by Crippen LogP contribution is -2.39. The monoisotopic (exact) mass is 289 g/mol. The fourth-order valence-corrected chi connectivity index (χ4v) is 3.07. The van der Waals surface area contributed by atoms with Gasteiger partial charge in [-0.25, -0.2) is 0 Å². The van der Waals surface area contributed by atoms with E-state index < -0.39 is 6.10 Å². The number of carbonyl (C=O) groups excluding carboxylic acids is 1. The fourth-order valence-electron chi connectivity index (χ4n) is 3.07. The van der Waals surface area contributed by atoms with Crippen LogP contribution >= 0.6 is 0 Å². The Morgan fingerprint density at radius 3 is 2.52 bits per heavy atom. The zero-order chi connectivity index (χ0) is 15.1. The van der Waals surface area contributed by atoms with Crippen LogP contribution in [0.5, 0.6) is 0 Å². The van der Waals surface area contributed by atoms with Crippen LogP contribution in [0, 0.1) is 5.92 Å². The average Bonchev–Trinajstić information content (AvgIpc) is 2.55. The molecule has 1 amide bonds. The molecule has 3 heteroatoms. The van der Waals surface area contributed by atoms with E-state index in [1.165, 1.54) is 0 Å². The summed E-state index contributed by atoms with van der Waals surface area (Å²) in [5.74, 6) is 0.559. The van der Waals surface area contributed by atoms with Gasteiger partial charge in [0.15, 0.2) is 0 Å². The molecule has 1 heterocycles. The number of piperidine rings is 1. The summed E-state index contributed by atoms with van der Waals surface area (Å²) in [6.45, 7) is 3.74. The molecule has 1 aromatic carbocycles. The first-order chi connectivity index (χ1) is 10.2. The molecule has 0 spiro atoms. The fraction of sp³-hybridized carbons (Fsp3) is 0.611. The summed E-state index contributed by atoms with van der Waals surface area (Å²) in [5.41, 5.74) is 0.991. The van der Waals surface area contributed by atoms with Crippen molar-refractivity contribution in [1.29, 1.82) is 0 Å². The zero-order valence-electron chi connectivity index (χ0n) is 13.0. The van der Waals surface area contributed by atoms with Crippen LogP contribution in [0.1, 0.15) is 57.1 Å². The van der Waals surface area contributed by atoms with E-state index in [2.05, 4.69) is 6.92 Å². The second kappa shape index (κ2) is 8.18. The summed E-state index contributed by atoms with van der Waals surface area (Å²) in [6.07, 6.45) is 5.36. The Morgan fingerprint density at radius 2 is 1.90 bits per heavy atom. The highest BCUT2D eigenvalue weighted by atomic mass is 16.3. The molecule has 1 fully saturated rings. The topological polar surface area (TPSA) is 40.5 Å². The molecule has 0 aromatic heterocycles. The van der Waals surface area contributed by atoms with Gasteiger partial charge in [0, 0.05) is 19.5 Å². The van der Waals surface area contributed by atoms with E-state index in [0.717, 1.165) is 50.8 Å². The number of rotatable bonds is 6. The molecule has 1 unspecified atom stereocenters. The molecule has 0 aliphatic carbocycles. The van der Waals surface area contributed by atoms with Gasteiger partial charge in [0.05, 0.1) is 6.10 Å². The largest absolute Gasteiger partial charge is 0.388 e. The number of likely N-dealkylation sites (tertiary alicyclic amines) is 1. The number of carbonyl (C=O) groups is 1. The van der Waals surface area contributed by atoms with E-state index in [1.807, 2.05) is 35.2 Å². The third-order valence-electron chi connectivity index (χ3n) is 4.47. The van der Waals surface area contributed by atoms with Crippen LogP contribution in [0.15, 0.2) is 30.3 Å². The van der Waals surface area contributed by atoms with Crippen molar-refractivity contribution in [1.82, 2.24) is 4.90 Å². The van der Waals surface area contributed by atoms with E-state index in [0.29, 0.717) is 6.42 Å². The number of hydrogen-bond donors (Lipinski definition) is 1. The lowest BCUT2D eigenvalue weighted by atomic mass is 9.87. The van der Waals surface area contributed by atoms with Crippen LogP contribution in [0.3, 0.4) is 0 Å². The van der Waals surface area contributed by atoms with Gasteiger partial charge in [0.2, 0.25) is 5.91 Å². The average molecular weight is 289 g/mol. The van der Waals surface area contributed by atoms with Crippen molar-refractivity contribution >= 4 is 5.91 Å². The zero-order valence-corrected chi connectivity index (χ0v) is 13.0. The highest BCUT2D eigenvalue weighted by Crippen LogP contribution is 2.30. The normalized spacial score (nSPS) is 17.7. The van der Waals surface area contributed by atoms with Crippen LogP contribution in [-0.4, -0.2) is 29.0 Å². The molecule has 3 nitrogen and oxygen atoms in total. The maximum Gasteiger partial charge on any atom is 0.222 e. The van der Waals surface area contributed by atoms with Gasteiger partial charge in [0.1, 0.15) is 0 Å². The Balaban J connectivity index is 1.79. The van der Waals surface area contributed by atoms with Gasteiger partial charge < -0.3 is 10.0 Å². The Kier molecular flexibility index (Phi) is 6.24. The molecular weight excluding hydrogens is 262 g/mol. The molecule has 0 radical (unpaired) electrons. The minimum atomic E-state index is -0.399. The van der Waals surface area contributed by atoms with E-state index in [4.69, 9.17) is 0 Å². The molecule has 1 saturated heterocycles. The SMILES string of the molecule is CCCCCC(=O)N1CCC(C(O)c2ccccc2)CC1. The minimum absolute atomic E-state index is 0.270. The van der Waals surface area contributed by atoms with Gasteiger partial charge in [-0.2, -0.15) is 0 Å². The molecule has 2 rings (SSSR count). The van der Waals surface area contributed by atoms with Crippen molar-refractivity contribution in [3.05, 3.63) is 35.9 Å². The van der Waals surface area contributed by atoms with Crippen LogP contribution in [-0.2, 0) is 4.79 Å². The van der Waals surface area contributed by atoms with Crippen molar-refractivity contribution < 1.29 is 9.90 Å². The van der Waals surface area contributed by atoms with Crippen molar-refractivity contribution in [2.45, 2.75) is 51.6 Å². The second-order valence-electron chi connectivity index (χ2n) is 6.03. The summed E-state index contributed by atoms with van der Waals surface area (Å²) >= 11 is 0. The van der Waals surface area contributed by atoms with Crippen LogP contribution in [0.25, 0.3) is 0 Å². The summed E-state index contributed by atoms with van der Waals surface area (Å²) in [4.78, 5) is 14.1. The highest BCUT2D eigenvalue weighted by molar-refractivity contribution is 5.76. The number of benzene rings is 1. The van der Waals surface area contributed by atoms with Crippen LogP contribution in [0.2, 0.25) is 0 Å². The Hall–Kier alpha value is -1.35. The van der Waals surface area contributed by atoms with E-state index in [9.17, 15) is 9.90 Å². The number of aliphatic hydroxyl groups excluding tert-OH is 1. The number of hydrogen-bond acceptors (Lipinski definition) is 2. The van der Waals surface area contributed by atoms with Gasteiger partial charge in [-0.05, 0) is 30.7 Å². The van der Waals surface area contributed by atoms with E-state index in [-0.39, 0.29) is 11.8 Å². The maximum absolute atomic E-state index is 12.1. The highest BCUT2D eigenvalue weighted by Gasteiger charge is 2.27. The molecule has 1 aromatic rings. The number of unbranched alkanes of at least 4 members (excludes halogenated alkanes) is 2. The van der Waals surface area contributed by atoms with Gasteiger partial charge in [-0.15, -0.1) is 0 Å². The molecular formula is C18H27NO2. The van der Waals surface area contributed by atoms with Crippen molar-refractivity contribution in [2.24, 2.45) is 5.92 Å². The van der Waals surface area contributed by atoms with Gasteiger partial charge in [-0.3, -0.25) is 4.79 Å². The third-order valence-corrected chi connectivity index (χ3v) is 4.47. The van der Waals surface area contributed by atoms with E-state index >= 15 is 0 Å². The molecule has 0 saturated carbocycles. The molecule has 116 valence electrons. The predicted octanol–water partition coefficient (Wildman–Crippen LogP) is 3.54. The smallest absolute Gasteiger partial charge is 0.222 e. The van der Waals surface area contributed by atoms with Crippen LogP contribution in [0.4, 0.5) is 0 Å². The predicted molar refractivity (Wildman–Crippen MR) is 84.8 cm³/mol. The summed E-state index contributed by atoms with van der Waals surface area (Å²) in [6, 6.07) is 9.85. The second-order valence-corrected chi connectivity index (χ2v) is 6.03. The van der Waals surface area contributed by atoms with Gasteiger partial charge in [0.25, 0.3) is 0 Å². The minimum Gasteiger partial charge on any atom is -0.388 e. The number of aliphatic hydroxyl groups is 1. The molecule has 1 aliphatic heterocycles. The summed E-state index contributed by atoms with van der Waals surface area (Å²) in [7, 11) is 0. The van der Waals surface area contributed by atoms with E-state index in [1.54, 1.807) is 0 Å². The quantitative estimate of drug-likeness (QED) is 0.814. The number of nitrogens with zero attached hydrogens (tertiary/aromatic N) is 1. The van der Waals surface area contributed by atoms with Crippen molar-refractivity contribution in [3.8, 4) is 0 Å². The van der Waals surface area contributed by atoms with Crippen molar-refractivity contribution in [3.63, 3.8) is 0 Å². The first-order valence-electron chi connectivity index (χ1n) is 8.23. The Morgan fingerprint density at radius 1 is 1.24 bits per heavy atom. The van der Waals surface area contributed by atoms with Gasteiger partial charge in [-0.1, -0.05) is 50.1 Å². The Bertz CT molecular complexity index is 424. The standard InChI is InChI=1S/C18H27NO2/c1-2-3-5-10-17(20)19-13-11-16(12-14-19)18(21)15-8-6-4-7-9-15/h4,6-9,16,18,21H,2-3,5,10-14H2,1H3. The summed E-state index contributed by atoms with van der Waals surface area (Å²) in [5, 5.41) is 10.4. The summed E-state index contributed by atoms with van der Waals surface area (Å²) < 4.78 is 0. The first-order valence-corrected chi connectivity index (χ1v) is 8.23. The molecule has 1 atom stereocenters. The molecule has 21 heavy (non-hydrogen) atoms. The lowest BCUT2D eigenvalue weighted by Gasteiger charge is -2.34. The molecule has 1 N–H and O–H groups in total. The maximum atomic E-state index is 12.1. The Labute approximate surface area is 128 Å². The molecule has 1 aliphatic rings. The third kappa shape index (κ3) is 4.57. The first kappa shape index (κ1) is 16.0.